The van der Waals surface area contributed by atoms with E-state index in [1.54, 1.807) is 49.6 Å². The summed E-state index contributed by atoms with van der Waals surface area (Å²) in [5.74, 6) is 0.829. The van der Waals surface area contributed by atoms with Crippen molar-refractivity contribution in [1.29, 1.82) is 0 Å². The molecule has 1 aliphatic heterocycles. The molecule has 0 bridgehead atoms. The van der Waals surface area contributed by atoms with E-state index in [0.717, 1.165) is 10.5 Å². The highest BCUT2D eigenvalue weighted by Gasteiger charge is 2.41. The Hall–Kier alpha value is -4.26. The number of hydrogen-bond acceptors (Lipinski definition) is 6. The molecule has 0 unspecified atom stereocenters. The molecular weight excluding hydrogens is 432 g/mol. The number of carbonyl (C=O) groups is 2. The Morgan fingerprint density at radius 3 is 2.29 bits per heavy atom. The minimum atomic E-state index is -0.471. The molecule has 174 valence electrons. The lowest BCUT2D eigenvalue weighted by atomic mass is 10.0. The number of methoxy groups -OCH3 is 2. The summed E-state index contributed by atoms with van der Waals surface area (Å²) >= 11 is 0. The largest absolute Gasteiger partial charge is 0.497 e. The van der Waals surface area contributed by atoms with Crippen LogP contribution in [0, 0.1) is 6.92 Å². The number of aryl methyl sites for hydroxylation is 1. The monoisotopic (exact) mass is 458 g/mol. The minimum Gasteiger partial charge on any atom is -0.497 e. The molecule has 3 aromatic rings. The van der Waals surface area contributed by atoms with Gasteiger partial charge in [-0.3, -0.25) is 9.59 Å². The SMILES string of the molecule is CCOc1cccc(NC2=C(c3ccc(OC)cc3)C(=O)N(c3cc(C)ccc3OC)C2=O)c1. The van der Waals surface area contributed by atoms with Gasteiger partial charge in [-0.05, 0) is 61.4 Å². The first-order valence-corrected chi connectivity index (χ1v) is 10.9. The zero-order valence-corrected chi connectivity index (χ0v) is 19.5. The fourth-order valence-electron chi connectivity index (χ4n) is 3.84. The van der Waals surface area contributed by atoms with Crippen LogP contribution in [0.1, 0.15) is 18.1 Å². The standard InChI is InChI=1S/C27H26N2O5/c1-5-34-21-8-6-7-19(16-21)28-25-24(18-10-12-20(32-3)13-11-18)26(30)29(27(25)31)22-15-17(2)9-14-23(22)33-4/h6-16,28H,5H2,1-4H3. The van der Waals surface area contributed by atoms with Gasteiger partial charge in [-0.2, -0.15) is 0 Å². The molecule has 2 amide bonds. The molecule has 7 heteroatoms. The van der Waals surface area contributed by atoms with Crippen LogP contribution in [0.3, 0.4) is 0 Å². The van der Waals surface area contributed by atoms with Gasteiger partial charge in [0.05, 0.1) is 32.1 Å². The minimum absolute atomic E-state index is 0.173. The molecular formula is C27H26N2O5. The van der Waals surface area contributed by atoms with Crippen molar-refractivity contribution < 1.29 is 23.8 Å². The van der Waals surface area contributed by atoms with Crippen LogP contribution in [-0.4, -0.2) is 32.6 Å². The molecule has 3 aromatic carbocycles. The smallest absolute Gasteiger partial charge is 0.282 e. The number of carbonyl (C=O) groups excluding carboxylic acids is 2. The van der Waals surface area contributed by atoms with Crippen LogP contribution in [0.5, 0.6) is 17.2 Å². The average molecular weight is 459 g/mol. The number of anilines is 2. The predicted molar refractivity (Wildman–Crippen MR) is 131 cm³/mol. The summed E-state index contributed by atoms with van der Waals surface area (Å²) < 4.78 is 16.3. The van der Waals surface area contributed by atoms with E-state index in [0.29, 0.717) is 40.8 Å². The molecule has 1 heterocycles. The molecule has 7 nitrogen and oxygen atoms in total. The van der Waals surface area contributed by atoms with Gasteiger partial charge in [-0.25, -0.2) is 4.90 Å². The van der Waals surface area contributed by atoms with E-state index >= 15 is 0 Å². The molecule has 0 radical (unpaired) electrons. The fraction of sp³-hybridized carbons (Fsp3) is 0.185. The van der Waals surface area contributed by atoms with Crippen LogP contribution in [0.15, 0.2) is 72.4 Å². The Labute approximate surface area is 198 Å². The first-order chi connectivity index (χ1) is 16.5. The molecule has 0 saturated carbocycles. The Kier molecular flexibility index (Phi) is 6.54. The second-order valence-electron chi connectivity index (χ2n) is 7.69. The van der Waals surface area contributed by atoms with Crippen molar-refractivity contribution in [3.8, 4) is 17.2 Å². The van der Waals surface area contributed by atoms with Crippen molar-refractivity contribution in [1.82, 2.24) is 0 Å². The number of amides is 2. The molecule has 0 aromatic heterocycles. The number of ether oxygens (including phenoxy) is 3. The predicted octanol–water partition coefficient (Wildman–Crippen LogP) is 4.81. The molecule has 0 aliphatic carbocycles. The molecule has 0 atom stereocenters. The Morgan fingerprint density at radius 2 is 1.62 bits per heavy atom. The van der Waals surface area contributed by atoms with Crippen LogP contribution >= 0.6 is 0 Å². The highest BCUT2D eigenvalue weighted by molar-refractivity contribution is 6.46. The lowest BCUT2D eigenvalue weighted by Crippen LogP contribution is -2.32. The third kappa shape index (κ3) is 4.32. The van der Waals surface area contributed by atoms with Crippen molar-refractivity contribution in [3.63, 3.8) is 0 Å². The van der Waals surface area contributed by atoms with Gasteiger partial charge in [0.25, 0.3) is 11.8 Å². The van der Waals surface area contributed by atoms with E-state index < -0.39 is 11.8 Å². The maximum atomic E-state index is 13.7. The summed E-state index contributed by atoms with van der Waals surface area (Å²) in [6.07, 6.45) is 0. The van der Waals surface area contributed by atoms with Gasteiger partial charge in [0.15, 0.2) is 0 Å². The van der Waals surface area contributed by atoms with Crippen LogP contribution in [0.4, 0.5) is 11.4 Å². The van der Waals surface area contributed by atoms with E-state index in [1.165, 1.54) is 7.11 Å². The number of hydrogen-bond donors (Lipinski definition) is 1. The molecule has 1 N–H and O–H groups in total. The number of rotatable bonds is 8. The van der Waals surface area contributed by atoms with Gasteiger partial charge in [0.1, 0.15) is 22.9 Å². The van der Waals surface area contributed by atoms with E-state index in [-0.39, 0.29) is 11.3 Å². The first kappa shape index (κ1) is 22.9. The van der Waals surface area contributed by atoms with Gasteiger partial charge >= 0.3 is 0 Å². The van der Waals surface area contributed by atoms with Crippen molar-refractivity contribution in [2.45, 2.75) is 13.8 Å². The fourth-order valence-corrected chi connectivity index (χ4v) is 3.84. The van der Waals surface area contributed by atoms with Crippen molar-refractivity contribution in [2.24, 2.45) is 0 Å². The topological polar surface area (TPSA) is 77.1 Å². The highest BCUT2D eigenvalue weighted by atomic mass is 16.5. The van der Waals surface area contributed by atoms with Crippen LogP contribution < -0.4 is 24.4 Å². The quantitative estimate of drug-likeness (QED) is 0.489. The van der Waals surface area contributed by atoms with E-state index in [1.807, 2.05) is 38.1 Å². The maximum Gasteiger partial charge on any atom is 0.282 e. The molecule has 34 heavy (non-hydrogen) atoms. The highest BCUT2D eigenvalue weighted by Crippen LogP contribution is 2.38. The van der Waals surface area contributed by atoms with Crippen molar-refractivity contribution in [2.75, 3.05) is 31.0 Å². The number of imide groups is 1. The summed E-state index contributed by atoms with van der Waals surface area (Å²) in [6, 6.07) is 19.7. The lowest BCUT2D eigenvalue weighted by Gasteiger charge is -2.19. The third-order valence-corrected chi connectivity index (χ3v) is 5.45. The number of benzene rings is 3. The number of nitrogens with zero attached hydrogens (tertiary/aromatic N) is 1. The molecule has 0 fully saturated rings. The average Bonchev–Trinajstić information content (AvgIpc) is 3.08. The van der Waals surface area contributed by atoms with Crippen LogP contribution in [0.2, 0.25) is 0 Å². The zero-order valence-electron chi connectivity index (χ0n) is 19.5. The molecule has 0 saturated heterocycles. The summed E-state index contributed by atoms with van der Waals surface area (Å²) in [4.78, 5) is 28.6. The van der Waals surface area contributed by atoms with Crippen LogP contribution in [0.25, 0.3) is 5.57 Å². The second-order valence-corrected chi connectivity index (χ2v) is 7.69. The lowest BCUT2D eigenvalue weighted by molar-refractivity contribution is -0.120. The Balaban J connectivity index is 1.83. The van der Waals surface area contributed by atoms with E-state index in [2.05, 4.69) is 5.32 Å². The van der Waals surface area contributed by atoms with E-state index in [9.17, 15) is 9.59 Å². The summed E-state index contributed by atoms with van der Waals surface area (Å²) in [5.41, 5.74) is 2.95. The summed E-state index contributed by atoms with van der Waals surface area (Å²) in [6.45, 7) is 4.31. The summed E-state index contributed by atoms with van der Waals surface area (Å²) in [5, 5.41) is 3.16. The van der Waals surface area contributed by atoms with Gasteiger partial charge in [-0.15, -0.1) is 0 Å². The van der Waals surface area contributed by atoms with Crippen LogP contribution in [-0.2, 0) is 9.59 Å². The zero-order chi connectivity index (χ0) is 24.2. The van der Waals surface area contributed by atoms with Crippen molar-refractivity contribution >= 4 is 28.8 Å². The molecule has 0 spiro atoms. The normalized spacial score (nSPS) is 13.4. The molecule has 4 rings (SSSR count). The van der Waals surface area contributed by atoms with E-state index in [4.69, 9.17) is 14.2 Å². The number of nitrogens with one attached hydrogen (secondary N) is 1. The molecule has 1 aliphatic rings. The first-order valence-electron chi connectivity index (χ1n) is 10.9. The summed E-state index contributed by atoms with van der Waals surface area (Å²) in [7, 11) is 3.08. The Morgan fingerprint density at radius 1 is 0.853 bits per heavy atom. The van der Waals surface area contributed by atoms with Gasteiger partial charge in [0.2, 0.25) is 0 Å². The van der Waals surface area contributed by atoms with Gasteiger partial charge < -0.3 is 19.5 Å². The maximum absolute atomic E-state index is 13.7. The van der Waals surface area contributed by atoms with Crippen molar-refractivity contribution in [3.05, 3.63) is 83.6 Å². The van der Waals surface area contributed by atoms with Gasteiger partial charge in [0, 0.05) is 11.8 Å². The third-order valence-electron chi connectivity index (χ3n) is 5.45. The Bertz CT molecular complexity index is 1260. The van der Waals surface area contributed by atoms with Gasteiger partial charge in [-0.1, -0.05) is 24.3 Å². The second kappa shape index (κ2) is 9.70.